The fraction of sp³-hybridized carbons (Fsp3) is 0.241. The van der Waals surface area contributed by atoms with Gasteiger partial charge in [-0.2, -0.15) is 5.26 Å². The first-order chi connectivity index (χ1) is 18.3. The average molecular weight is 536 g/mol. The molecule has 0 saturated heterocycles. The van der Waals surface area contributed by atoms with Gasteiger partial charge in [0, 0.05) is 16.9 Å². The lowest BCUT2D eigenvalue weighted by Gasteiger charge is -2.07. The molecule has 9 heteroatoms. The van der Waals surface area contributed by atoms with E-state index in [1.165, 1.54) is 12.1 Å². The van der Waals surface area contributed by atoms with E-state index < -0.39 is 17.7 Å². The number of Topliss-reactive ketones (excluding diaryl/α,β-unsaturated/α-hetero) is 1. The number of ketones is 1. The van der Waals surface area contributed by atoms with Gasteiger partial charge in [0.15, 0.2) is 5.78 Å². The van der Waals surface area contributed by atoms with Crippen LogP contribution in [0.15, 0.2) is 54.1 Å². The molecule has 0 unspecified atom stereocenters. The molecule has 3 rings (SSSR count). The number of nitriles is 1. The number of benzene rings is 2. The molecule has 0 aliphatic carbocycles. The minimum absolute atomic E-state index is 0.0562. The van der Waals surface area contributed by atoms with E-state index in [4.69, 9.17) is 14.2 Å². The Morgan fingerprint density at radius 3 is 2.29 bits per heavy atom. The maximum absolute atomic E-state index is 13.8. The van der Waals surface area contributed by atoms with Crippen molar-refractivity contribution in [3.05, 3.63) is 91.9 Å². The minimum Gasteiger partial charge on any atom is -0.489 e. The monoisotopic (exact) mass is 535 g/mol. The number of carbonyl (C=O) groups is 3. The first kappa shape index (κ1) is 28.3. The molecule has 196 valence electrons. The Morgan fingerprint density at radius 2 is 1.66 bits per heavy atom. The Hall–Kier alpha value is -4.29. The molecule has 38 heavy (non-hydrogen) atoms. The number of hydrogen-bond donors (Lipinski definition) is 0. The molecular weight excluding hydrogens is 509 g/mol. The smallest absolute Gasteiger partial charge is 0.348 e. The zero-order valence-corrected chi connectivity index (χ0v) is 22.0. The number of hydrogen-bond acceptors (Lipinski definition) is 8. The molecule has 1 aromatic heterocycles. The normalized spacial score (nSPS) is 11.0. The number of esters is 2. The van der Waals surface area contributed by atoms with E-state index in [0.29, 0.717) is 27.3 Å². The minimum atomic E-state index is -0.645. The predicted molar refractivity (Wildman–Crippen MR) is 140 cm³/mol. The van der Waals surface area contributed by atoms with E-state index >= 15 is 0 Å². The van der Waals surface area contributed by atoms with Crippen LogP contribution in [0.3, 0.4) is 0 Å². The van der Waals surface area contributed by atoms with Crippen molar-refractivity contribution in [2.45, 2.75) is 33.8 Å². The van der Waals surface area contributed by atoms with Crippen LogP contribution in [-0.2, 0) is 27.3 Å². The lowest BCUT2D eigenvalue weighted by molar-refractivity contribution is -0.114. The highest BCUT2D eigenvalue weighted by molar-refractivity contribution is 7.14. The van der Waals surface area contributed by atoms with Crippen LogP contribution in [0.5, 0.6) is 5.75 Å². The largest absolute Gasteiger partial charge is 0.489 e. The molecule has 0 aliphatic heterocycles. The maximum Gasteiger partial charge on any atom is 0.348 e. The molecule has 0 spiro atoms. The third-order valence-electron chi connectivity index (χ3n) is 5.45. The summed E-state index contributed by atoms with van der Waals surface area (Å²) in [6.07, 6.45) is 1.17. The van der Waals surface area contributed by atoms with Crippen molar-refractivity contribution in [2.24, 2.45) is 0 Å². The summed E-state index contributed by atoms with van der Waals surface area (Å²) in [5, 5.41) is 9.65. The Bertz CT molecular complexity index is 1400. The SMILES string of the molecule is CCOC(=O)c1sc(CC(=O)/C(C#N)=C/c2ccc(OCc3ccccc3F)cc2)c(C(=O)OCC)c1C. The van der Waals surface area contributed by atoms with Crippen LogP contribution in [0.4, 0.5) is 4.39 Å². The summed E-state index contributed by atoms with van der Waals surface area (Å²) in [5.74, 6) is -1.62. The molecule has 0 fully saturated rings. The summed E-state index contributed by atoms with van der Waals surface area (Å²) in [4.78, 5) is 38.5. The van der Waals surface area contributed by atoms with Gasteiger partial charge in [-0.25, -0.2) is 14.0 Å². The summed E-state index contributed by atoms with van der Waals surface area (Å²) < 4.78 is 29.6. The Balaban J connectivity index is 1.79. The van der Waals surface area contributed by atoms with Crippen molar-refractivity contribution >= 4 is 35.1 Å². The first-order valence-electron chi connectivity index (χ1n) is 11.9. The van der Waals surface area contributed by atoms with Gasteiger partial charge in [0.2, 0.25) is 0 Å². The standard InChI is InChI=1S/C29H26FNO6S/c1-4-35-28(33)26-18(3)27(29(34)36-5-2)38-25(26)15-24(32)21(16-31)14-19-10-12-22(13-11-19)37-17-20-8-6-7-9-23(20)30/h6-14H,4-5,15,17H2,1-3H3/b21-14+. The van der Waals surface area contributed by atoms with Gasteiger partial charge in [0.1, 0.15) is 29.1 Å². The van der Waals surface area contributed by atoms with Crippen LogP contribution in [0.2, 0.25) is 0 Å². The van der Waals surface area contributed by atoms with E-state index in [9.17, 15) is 24.0 Å². The van der Waals surface area contributed by atoms with Crippen LogP contribution in [-0.4, -0.2) is 30.9 Å². The summed E-state index contributed by atoms with van der Waals surface area (Å²) >= 11 is 0.981. The highest BCUT2D eigenvalue weighted by Gasteiger charge is 2.28. The van der Waals surface area contributed by atoms with E-state index in [0.717, 1.165) is 11.3 Å². The summed E-state index contributed by atoms with van der Waals surface area (Å²) in [7, 11) is 0. The van der Waals surface area contributed by atoms with E-state index in [2.05, 4.69) is 0 Å². The second-order valence-corrected chi connectivity index (χ2v) is 9.12. The third-order valence-corrected chi connectivity index (χ3v) is 6.72. The lowest BCUT2D eigenvalue weighted by Crippen LogP contribution is -2.12. The molecule has 0 radical (unpaired) electrons. The molecule has 0 N–H and O–H groups in total. The van der Waals surface area contributed by atoms with Gasteiger partial charge in [-0.3, -0.25) is 4.79 Å². The number of halogens is 1. The number of ether oxygens (including phenoxy) is 3. The van der Waals surface area contributed by atoms with Crippen LogP contribution in [0, 0.1) is 24.1 Å². The maximum atomic E-state index is 13.8. The lowest BCUT2D eigenvalue weighted by atomic mass is 10.0. The number of rotatable bonds is 11. The Morgan fingerprint density at radius 1 is 1.00 bits per heavy atom. The topological polar surface area (TPSA) is 103 Å². The second-order valence-electron chi connectivity index (χ2n) is 8.01. The molecule has 0 amide bonds. The molecule has 1 heterocycles. The quantitative estimate of drug-likeness (QED) is 0.172. The van der Waals surface area contributed by atoms with Gasteiger partial charge in [0.05, 0.1) is 24.4 Å². The highest BCUT2D eigenvalue weighted by Crippen LogP contribution is 2.31. The summed E-state index contributed by atoms with van der Waals surface area (Å²) in [6.45, 7) is 5.26. The van der Waals surface area contributed by atoms with E-state index in [-0.39, 0.29) is 48.1 Å². The van der Waals surface area contributed by atoms with Crippen molar-refractivity contribution in [3.8, 4) is 11.8 Å². The number of thiophene rings is 1. The molecule has 0 atom stereocenters. The predicted octanol–water partition coefficient (Wildman–Crippen LogP) is 5.85. The number of allylic oxidation sites excluding steroid dienone is 1. The zero-order valence-electron chi connectivity index (χ0n) is 21.2. The van der Waals surface area contributed by atoms with Crippen molar-refractivity contribution in [1.29, 1.82) is 5.26 Å². The van der Waals surface area contributed by atoms with Crippen molar-refractivity contribution < 1.29 is 33.0 Å². The van der Waals surface area contributed by atoms with E-state index in [1.54, 1.807) is 63.2 Å². The Kier molecular flexibility index (Phi) is 9.91. The molecule has 3 aromatic rings. The first-order valence-corrected chi connectivity index (χ1v) is 12.7. The fourth-order valence-electron chi connectivity index (χ4n) is 3.58. The molecule has 2 aromatic carbocycles. The highest BCUT2D eigenvalue weighted by atomic mass is 32.1. The van der Waals surface area contributed by atoms with Crippen molar-refractivity contribution in [2.75, 3.05) is 13.2 Å². The third kappa shape index (κ3) is 6.93. The molecule has 7 nitrogen and oxygen atoms in total. The Labute approximate surface area is 224 Å². The average Bonchev–Trinajstić information content (AvgIpc) is 3.23. The van der Waals surface area contributed by atoms with Gasteiger partial charge in [-0.15, -0.1) is 11.3 Å². The van der Waals surface area contributed by atoms with Gasteiger partial charge >= 0.3 is 11.9 Å². The summed E-state index contributed by atoms with van der Waals surface area (Å²) in [5.41, 5.74) is 1.40. The molecule has 0 aliphatic rings. The van der Waals surface area contributed by atoms with Gasteiger partial charge in [0.25, 0.3) is 0 Å². The van der Waals surface area contributed by atoms with Crippen LogP contribution in [0.1, 0.15) is 55.4 Å². The zero-order chi connectivity index (χ0) is 27.7. The second kappa shape index (κ2) is 13.3. The van der Waals surface area contributed by atoms with Crippen LogP contribution in [0.25, 0.3) is 6.08 Å². The van der Waals surface area contributed by atoms with Crippen LogP contribution < -0.4 is 4.74 Å². The number of carbonyl (C=O) groups excluding carboxylic acids is 3. The van der Waals surface area contributed by atoms with E-state index in [1.807, 2.05) is 6.07 Å². The summed E-state index contributed by atoms with van der Waals surface area (Å²) in [6, 6.07) is 14.9. The van der Waals surface area contributed by atoms with Crippen LogP contribution >= 0.6 is 11.3 Å². The van der Waals surface area contributed by atoms with Crippen molar-refractivity contribution in [3.63, 3.8) is 0 Å². The van der Waals surface area contributed by atoms with Gasteiger partial charge < -0.3 is 14.2 Å². The molecule has 0 saturated carbocycles. The van der Waals surface area contributed by atoms with Gasteiger partial charge in [-0.1, -0.05) is 30.3 Å². The van der Waals surface area contributed by atoms with Gasteiger partial charge in [-0.05, 0) is 56.2 Å². The number of nitrogens with zero attached hydrogens (tertiary/aromatic N) is 1. The van der Waals surface area contributed by atoms with Crippen molar-refractivity contribution in [1.82, 2.24) is 0 Å². The molecule has 0 bridgehead atoms. The fourth-order valence-corrected chi connectivity index (χ4v) is 4.76. The molecular formula is C29H26FNO6S.